The maximum Gasteiger partial charge on any atom is 0.182 e. The lowest BCUT2D eigenvalue weighted by molar-refractivity contribution is 0.486. The number of anilines is 1. The summed E-state index contributed by atoms with van der Waals surface area (Å²) in [5.41, 5.74) is 1.57. The van der Waals surface area contributed by atoms with Gasteiger partial charge in [0.05, 0.1) is 12.4 Å². The Morgan fingerprint density at radius 2 is 2.12 bits per heavy atom. The molecule has 86 valence electrons. The number of nitrogens with zero attached hydrogens (tertiary/aromatic N) is 5. The topological polar surface area (TPSA) is 81.5 Å². The van der Waals surface area contributed by atoms with E-state index in [-0.39, 0.29) is 5.92 Å². The van der Waals surface area contributed by atoms with E-state index < -0.39 is 0 Å². The second-order valence-electron chi connectivity index (χ2n) is 4.19. The highest BCUT2D eigenvalue weighted by Crippen LogP contribution is 2.25. The number of hydrogen-bond acceptors (Lipinski definition) is 5. The van der Waals surface area contributed by atoms with E-state index in [0.29, 0.717) is 5.65 Å². The Hall–Kier alpha value is -2.16. The van der Waals surface area contributed by atoms with E-state index in [1.807, 2.05) is 0 Å². The molecular formula is C11H12N6. The van der Waals surface area contributed by atoms with Crippen LogP contribution in [0.5, 0.6) is 0 Å². The van der Waals surface area contributed by atoms with Crippen LogP contribution >= 0.6 is 0 Å². The molecular weight excluding hydrogens is 216 g/mol. The van der Waals surface area contributed by atoms with E-state index in [4.69, 9.17) is 5.26 Å². The number of aromatic nitrogens is 4. The molecule has 3 rings (SSSR count). The molecule has 0 atom stereocenters. The van der Waals surface area contributed by atoms with Crippen LogP contribution in [0, 0.1) is 17.2 Å². The monoisotopic (exact) mass is 228 g/mol. The molecule has 0 aromatic carbocycles. The first-order valence-corrected chi connectivity index (χ1v) is 5.67. The molecule has 0 saturated carbocycles. The van der Waals surface area contributed by atoms with Gasteiger partial charge in [0.25, 0.3) is 0 Å². The standard InChI is InChI=1S/C11H12N6/c12-5-8-1-3-17(4-2-8)11-9-10(14-6-13-9)15-7-16-11/h6-8H,1-4H2,(H,13,14,15,16). The number of rotatable bonds is 1. The van der Waals surface area contributed by atoms with E-state index in [2.05, 4.69) is 30.9 Å². The van der Waals surface area contributed by atoms with Gasteiger partial charge in [-0.05, 0) is 12.8 Å². The zero-order valence-corrected chi connectivity index (χ0v) is 9.30. The van der Waals surface area contributed by atoms with Crippen molar-refractivity contribution in [2.45, 2.75) is 12.8 Å². The molecule has 1 N–H and O–H groups in total. The summed E-state index contributed by atoms with van der Waals surface area (Å²) in [6.45, 7) is 1.73. The highest BCUT2D eigenvalue weighted by atomic mass is 15.2. The van der Waals surface area contributed by atoms with Crippen LogP contribution in [0.25, 0.3) is 11.2 Å². The molecule has 1 fully saturated rings. The molecule has 1 aliphatic heterocycles. The van der Waals surface area contributed by atoms with Crippen LogP contribution in [-0.4, -0.2) is 33.0 Å². The van der Waals surface area contributed by atoms with Crippen LogP contribution in [-0.2, 0) is 0 Å². The number of imidazole rings is 1. The fraction of sp³-hybridized carbons (Fsp3) is 0.455. The maximum absolute atomic E-state index is 8.88. The largest absolute Gasteiger partial charge is 0.355 e. The molecule has 0 spiro atoms. The van der Waals surface area contributed by atoms with Crippen LogP contribution in [0.2, 0.25) is 0 Å². The van der Waals surface area contributed by atoms with E-state index in [1.165, 1.54) is 6.33 Å². The first kappa shape index (κ1) is 10.0. The van der Waals surface area contributed by atoms with Gasteiger partial charge in [-0.1, -0.05) is 0 Å². The third-order valence-corrected chi connectivity index (χ3v) is 3.18. The van der Waals surface area contributed by atoms with E-state index >= 15 is 0 Å². The first-order valence-electron chi connectivity index (χ1n) is 5.67. The first-order chi connectivity index (χ1) is 8.38. The smallest absolute Gasteiger partial charge is 0.182 e. The molecule has 2 aromatic heterocycles. The summed E-state index contributed by atoms with van der Waals surface area (Å²) in [5, 5.41) is 8.88. The molecule has 2 aromatic rings. The van der Waals surface area contributed by atoms with Gasteiger partial charge in [-0.2, -0.15) is 5.26 Å². The number of piperidine rings is 1. The molecule has 6 heteroatoms. The lowest BCUT2D eigenvalue weighted by Gasteiger charge is -2.29. The molecule has 6 nitrogen and oxygen atoms in total. The van der Waals surface area contributed by atoms with Gasteiger partial charge in [0.15, 0.2) is 11.5 Å². The second-order valence-corrected chi connectivity index (χ2v) is 4.19. The van der Waals surface area contributed by atoms with Crippen molar-refractivity contribution in [2.24, 2.45) is 5.92 Å². The fourth-order valence-electron chi connectivity index (χ4n) is 2.21. The van der Waals surface area contributed by atoms with Crippen molar-refractivity contribution in [3.63, 3.8) is 0 Å². The van der Waals surface area contributed by atoms with Crippen molar-refractivity contribution in [1.29, 1.82) is 5.26 Å². The molecule has 3 heterocycles. The van der Waals surface area contributed by atoms with Crippen molar-refractivity contribution in [1.82, 2.24) is 19.9 Å². The maximum atomic E-state index is 8.88. The van der Waals surface area contributed by atoms with Gasteiger partial charge in [0.2, 0.25) is 0 Å². The predicted molar refractivity (Wildman–Crippen MR) is 62.2 cm³/mol. The summed E-state index contributed by atoms with van der Waals surface area (Å²) >= 11 is 0. The number of fused-ring (bicyclic) bond motifs is 1. The van der Waals surface area contributed by atoms with E-state index in [1.54, 1.807) is 6.33 Å². The highest BCUT2D eigenvalue weighted by Gasteiger charge is 2.21. The Kier molecular flexibility index (Phi) is 2.37. The molecule has 0 amide bonds. The Morgan fingerprint density at radius 3 is 2.88 bits per heavy atom. The highest BCUT2D eigenvalue weighted by molar-refractivity contribution is 5.82. The van der Waals surface area contributed by atoms with Crippen molar-refractivity contribution < 1.29 is 0 Å². The SMILES string of the molecule is N#CC1CCN(c2ncnc3nc[nH]c23)CC1. The van der Waals surface area contributed by atoms with Crippen LogP contribution < -0.4 is 4.90 Å². The summed E-state index contributed by atoms with van der Waals surface area (Å²) in [7, 11) is 0. The fourth-order valence-corrected chi connectivity index (χ4v) is 2.21. The number of aromatic amines is 1. The predicted octanol–water partition coefficient (Wildman–Crippen LogP) is 1.09. The summed E-state index contributed by atoms with van der Waals surface area (Å²) in [4.78, 5) is 17.8. The lowest BCUT2D eigenvalue weighted by atomic mass is 9.99. The average Bonchev–Trinajstić information content (AvgIpc) is 2.87. The summed E-state index contributed by atoms with van der Waals surface area (Å²) in [5.74, 6) is 1.08. The van der Waals surface area contributed by atoms with Gasteiger partial charge >= 0.3 is 0 Å². The summed E-state index contributed by atoms with van der Waals surface area (Å²) in [6.07, 6.45) is 4.96. The average molecular weight is 228 g/mol. The summed E-state index contributed by atoms with van der Waals surface area (Å²) in [6, 6.07) is 2.33. The Bertz CT molecular complexity index is 561. The Balaban J connectivity index is 1.90. The molecule has 0 radical (unpaired) electrons. The van der Waals surface area contributed by atoms with Crippen molar-refractivity contribution in [3.05, 3.63) is 12.7 Å². The van der Waals surface area contributed by atoms with Crippen molar-refractivity contribution >= 4 is 17.0 Å². The van der Waals surface area contributed by atoms with Gasteiger partial charge in [0, 0.05) is 19.0 Å². The van der Waals surface area contributed by atoms with Gasteiger partial charge in [-0.3, -0.25) is 0 Å². The molecule has 1 saturated heterocycles. The van der Waals surface area contributed by atoms with Gasteiger partial charge in [-0.15, -0.1) is 0 Å². The van der Waals surface area contributed by atoms with Crippen LogP contribution in [0.15, 0.2) is 12.7 Å². The molecule has 1 aliphatic rings. The molecule has 0 unspecified atom stereocenters. The minimum atomic E-state index is 0.186. The van der Waals surface area contributed by atoms with E-state index in [9.17, 15) is 0 Å². The molecule has 0 aliphatic carbocycles. The quantitative estimate of drug-likeness (QED) is 0.790. The normalized spacial score (nSPS) is 17.2. The Morgan fingerprint density at radius 1 is 1.29 bits per heavy atom. The Labute approximate surface area is 98.3 Å². The minimum absolute atomic E-state index is 0.186. The summed E-state index contributed by atoms with van der Waals surface area (Å²) < 4.78 is 0. The van der Waals surface area contributed by atoms with Crippen molar-refractivity contribution in [2.75, 3.05) is 18.0 Å². The second kappa shape index (κ2) is 4.01. The van der Waals surface area contributed by atoms with E-state index in [0.717, 1.165) is 37.3 Å². The third-order valence-electron chi connectivity index (χ3n) is 3.18. The van der Waals surface area contributed by atoms with Gasteiger partial charge in [-0.25, -0.2) is 15.0 Å². The van der Waals surface area contributed by atoms with Crippen molar-refractivity contribution in [3.8, 4) is 6.07 Å². The zero-order valence-electron chi connectivity index (χ0n) is 9.30. The molecule has 0 bridgehead atoms. The van der Waals surface area contributed by atoms with Crippen LogP contribution in [0.4, 0.5) is 5.82 Å². The number of H-pyrrole nitrogens is 1. The lowest BCUT2D eigenvalue weighted by Crippen LogP contribution is -2.34. The number of nitrogens with one attached hydrogen (secondary N) is 1. The number of nitriles is 1. The minimum Gasteiger partial charge on any atom is -0.355 e. The van der Waals surface area contributed by atoms with Gasteiger partial charge in [0.1, 0.15) is 11.8 Å². The van der Waals surface area contributed by atoms with Crippen LogP contribution in [0.1, 0.15) is 12.8 Å². The molecule has 17 heavy (non-hydrogen) atoms. The van der Waals surface area contributed by atoms with Crippen LogP contribution in [0.3, 0.4) is 0 Å². The third kappa shape index (κ3) is 1.69. The van der Waals surface area contributed by atoms with Gasteiger partial charge < -0.3 is 9.88 Å². The number of hydrogen-bond donors (Lipinski definition) is 1. The zero-order chi connectivity index (χ0) is 11.7.